The van der Waals surface area contributed by atoms with E-state index in [2.05, 4.69) is 9.97 Å². The molecule has 0 aliphatic carbocycles. The molecule has 35 heavy (non-hydrogen) atoms. The van der Waals surface area contributed by atoms with Gasteiger partial charge in [0.15, 0.2) is 0 Å². The molecule has 176 valence electrons. The zero-order valence-electron chi connectivity index (χ0n) is 18.5. The van der Waals surface area contributed by atoms with Crippen molar-refractivity contribution in [1.82, 2.24) is 9.97 Å². The number of methoxy groups -OCH3 is 1. The smallest absolute Gasteiger partial charge is 0.416 e. The van der Waals surface area contributed by atoms with Gasteiger partial charge in [0.1, 0.15) is 12.4 Å². The van der Waals surface area contributed by atoms with Gasteiger partial charge in [-0.15, -0.1) is 0 Å². The monoisotopic (exact) mass is 476 g/mol. The van der Waals surface area contributed by atoms with E-state index in [1.54, 1.807) is 18.2 Å². The zero-order valence-corrected chi connectivity index (χ0v) is 18.5. The van der Waals surface area contributed by atoms with Gasteiger partial charge in [0.2, 0.25) is 0 Å². The minimum absolute atomic E-state index is 0.174. The number of esters is 1. The van der Waals surface area contributed by atoms with Crippen LogP contribution in [0.2, 0.25) is 0 Å². The van der Waals surface area contributed by atoms with Crippen molar-refractivity contribution in [2.24, 2.45) is 0 Å². The van der Waals surface area contributed by atoms with Gasteiger partial charge in [-0.2, -0.15) is 13.2 Å². The van der Waals surface area contributed by atoms with Crippen LogP contribution in [0.3, 0.4) is 0 Å². The Morgan fingerprint density at radius 2 is 1.77 bits per heavy atom. The second-order valence-electron chi connectivity index (χ2n) is 7.96. The molecule has 0 unspecified atom stereocenters. The van der Waals surface area contributed by atoms with E-state index in [1.165, 1.54) is 25.3 Å². The Bertz CT molecular complexity index is 1540. The maximum Gasteiger partial charge on any atom is 0.416 e. The third-order valence-corrected chi connectivity index (χ3v) is 5.66. The highest BCUT2D eigenvalue weighted by Crippen LogP contribution is 2.35. The number of aromatic nitrogens is 2. The van der Waals surface area contributed by atoms with E-state index < -0.39 is 17.7 Å². The number of rotatable bonds is 5. The first-order valence-corrected chi connectivity index (χ1v) is 10.7. The fourth-order valence-corrected chi connectivity index (χ4v) is 3.94. The quantitative estimate of drug-likeness (QED) is 0.285. The van der Waals surface area contributed by atoms with Crippen LogP contribution in [0.25, 0.3) is 33.2 Å². The van der Waals surface area contributed by atoms with Gasteiger partial charge in [-0.3, -0.25) is 0 Å². The lowest BCUT2D eigenvalue weighted by atomic mass is 10.0. The summed E-state index contributed by atoms with van der Waals surface area (Å²) in [4.78, 5) is 20.4. The number of carbonyl (C=O) groups excluding carboxylic acids is 1. The number of halogens is 3. The van der Waals surface area contributed by atoms with Crippen molar-refractivity contribution >= 4 is 27.9 Å². The topological polar surface area (TPSA) is 64.2 Å². The van der Waals surface area contributed by atoms with Gasteiger partial charge in [0.25, 0.3) is 0 Å². The molecule has 2 heterocycles. The van der Waals surface area contributed by atoms with E-state index in [1.807, 2.05) is 30.3 Å². The normalized spacial score (nSPS) is 11.7. The van der Waals surface area contributed by atoms with Crippen LogP contribution in [0, 0.1) is 0 Å². The third-order valence-electron chi connectivity index (χ3n) is 5.66. The molecule has 3 aromatic carbocycles. The maximum absolute atomic E-state index is 13.3. The number of fused-ring (bicyclic) bond motifs is 3. The van der Waals surface area contributed by atoms with E-state index in [0.29, 0.717) is 34.3 Å². The number of pyridine rings is 1. The molecule has 2 aromatic heterocycles. The Hall–Kier alpha value is -4.33. The van der Waals surface area contributed by atoms with Crippen molar-refractivity contribution in [3.05, 3.63) is 95.6 Å². The van der Waals surface area contributed by atoms with Gasteiger partial charge in [-0.1, -0.05) is 42.5 Å². The van der Waals surface area contributed by atoms with Crippen LogP contribution in [0.1, 0.15) is 21.5 Å². The molecule has 0 bridgehead atoms. The molecule has 0 fully saturated rings. The number of H-pyrrole nitrogens is 1. The molecule has 5 aromatic rings. The number of hydrogen-bond acceptors (Lipinski definition) is 4. The van der Waals surface area contributed by atoms with E-state index in [0.717, 1.165) is 17.7 Å². The van der Waals surface area contributed by atoms with Crippen LogP contribution in [-0.4, -0.2) is 23.0 Å². The molecule has 0 radical (unpaired) electrons. The van der Waals surface area contributed by atoms with Crippen molar-refractivity contribution < 1.29 is 27.4 Å². The summed E-state index contributed by atoms with van der Waals surface area (Å²) in [5.74, 6) is -0.0108. The second kappa shape index (κ2) is 8.79. The number of carbonyl (C=O) groups is 1. The molecule has 0 amide bonds. The summed E-state index contributed by atoms with van der Waals surface area (Å²) >= 11 is 0. The van der Waals surface area contributed by atoms with Crippen LogP contribution in [0.5, 0.6) is 5.75 Å². The Labute approximate surface area is 198 Å². The Morgan fingerprint density at radius 3 is 2.51 bits per heavy atom. The Morgan fingerprint density at radius 1 is 0.971 bits per heavy atom. The number of ether oxygens (including phenoxy) is 2. The summed E-state index contributed by atoms with van der Waals surface area (Å²) < 4.78 is 50.6. The predicted octanol–water partition coefficient (Wildman–Crippen LogP) is 6.77. The summed E-state index contributed by atoms with van der Waals surface area (Å²) in [6, 6.07) is 21.4. The first-order valence-electron chi connectivity index (χ1n) is 10.7. The molecule has 8 heteroatoms. The van der Waals surface area contributed by atoms with E-state index in [9.17, 15) is 18.0 Å². The van der Waals surface area contributed by atoms with Gasteiger partial charge in [-0.05, 0) is 35.9 Å². The lowest BCUT2D eigenvalue weighted by Crippen LogP contribution is -2.06. The predicted molar refractivity (Wildman–Crippen MR) is 126 cm³/mol. The van der Waals surface area contributed by atoms with Gasteiger partial charge < -0.3 is 14.5 Å². The largest absolute Gasteiger partial charge is 0.489 e. The van der Waals surface area contributed by atoms with E-state index in [-0.39, 0.29) is 16.8 Å². The highest BCUT2D eigenvalue weighted by atomic mass is 19.4. The fraction of sp³-hybridized carbons (Fsp3) is 0.111. The maximum atomic E-state index is 13.3. The van der Waals surface area contributed by atoms with Crippen molar-refractivity contribution in [1.29, 1.82) is 0 Å². The molecule has 1 N–H and O–H groups in total. The molecule has 0 saturated heterocycles. The first kappa shape index (κ1) is 22.5. The van der Waals surface area contributed by atoms with Crippen LogP contribution in [0.4, 0.5) is 13.2 Å². The Balaban J connectivity index is 1.61. The minimum Gasteiger partial charge on any atom is -0.489 e. The average molecular weight is 476 g/mol. The Kier molecular flexibility index (Phi) is 5.64. The SMILES string of the molecule is COC(=O)c1cc(-c2cccc(C(F)(F)F)c2)nc2c1[nH]c1cc(OCc3ccccc3)ccc12. The molecular formula is C27H19F3N2O3. The highest BCUT2D eigenvalue weighted by molar-refractivity contribution is 6.13. The van der Waals surface area contributed by atoms with Crippen molar-refractivity contribution in [3.8, 4) is 17.0 Å². The summed E-state index contributed by atoms with van der Waals surface area (Å²) in [5.41, 5.74) is 2.42. The molecule has 0 spiro atoms. The number of nitrogens with one attached hydrogen (secondary N) is 1. The summed E-state index contributed by atoms with van der Waals surface area (Å²) in [5, 5.41) is 0.700. The molecule has 0 aliphatic rings. The first-order chi connectivity index (χ1) is 16.8. The number of alkyl halides is 3. The van der Waals surface area contributed by atoms with Crippen molar-refractivity contribution in [2.45, 2.75) is 12.8 Å². The third kappa shape index (κ3) is 4.42. The van der Waals surface area contributed by atoms with Crippen molar-refractivity contribution in [3.63, 3.8) is 0 Å². The van der Waals surface area contributed by atoms with Crippen LogP contribution in [0.15, 0.2) is 78.9 Å². The minimum atomic E-state index is -4.50. The summed E-state index contributed by atoms with van der Waals surface area (Å²) in [6.07, 6.45) is -4.50. The fourth-order valence-electron chi connectivity index (χ4n) is 3.94. The second-order valence-corrected chi connectivity index (χ2v) is 7.96. The lowest BCUT2D eigenvalue weighted by Gasteiger charge is -2.10. The summed E-state index contributed by atoms with van der Waals surface area (Å²) in [6.45, 7) is 0.387. The average Bonchev–Trinajstić information content (AvgIpc) is 3.24. The standard InChI is InChI=1S/C27H19F3N2O3/c1-34-26(33)21-14-22(17-8-5-9-18(12-17)27(28,29)30)31-24-20-11-10-19(13-23(20)32-25(21)24)35-15-16-6-3-2-4-7-16/h2-14,32H,15H2,1H3. The highest BCUT2D eigenvalue weighted by Gasteiger charge is 2.30. The molecule has 0 atom stereocenters. The molecule has 5 rings (SSSR count). The number of aromatic amines is 1. The van der Waals surface area contributed by atoms with Crippen LogP contribution >= 0.6 is 0 Å². The van der Waals surface area contributed by atoms with Crippen LogP contribution in [-0.2, 0) is 17.5 Å². The van der Waals surface area contributed by atoms with E-state index in [4.69, 9.17) is 9.47 Å². The molecular weight excluding hydrogens is 457 g/mol. The van der Waals surface area contributed by atoms with Crippen LogP contribution < -0.4 is 4.74 Å². The number of benzene rings is 3. The molecule has 0 aliphatic heterocycles. The van der Waals surface area contributed by atoms with Gasteiger partial charge in [0.05, 0.1) is 40.5 Å². The van der Waals surface area contributed by atoms with Crippen molar-refractivity contribution in [2.75, 3.05) is 7.11 Å². The number of hydrogen-bond donors (Lipinski definition) is 1. The van der Waals surface area contributed by atoms with E-state index >= 15 is 0 Å². The lowest BCUT2D eigenvalue weighted by molar-refractivity contribution is -0.137. The molecule has 0 saturated carbocycles. The summed E-state index contributed by atoms with van der Waals surface area (Å²) in [7, 11) is 1.25. The zero-order chi connectivity index (χ0) is 24.6. The van der Waals surface area contributed by atoms with Gasteiger partial charge in [0, 0.05) is 17.0 Å². The number of nitrogens with zero attached hydrogens (tertiary/aromatic N) is 1. The van der Waals surface area contributed by atoms with Gasteiger partial charge >= 0.3 is 12.1 Å². The molecule has 5 nitrogen and oxygen atoms in total. The van der Waals surface area contributed by atoms with Gasteiger partial charge in [-0.25, -0.2) is 9.78 Å².